The molecule has 12 nitrogen and oxygen atoms in total. The molecule has 0 amide bonds. The van der Waals surface area contributed by atoms with Crippen LogP contribution in [0.1, 0.15) is 54.9 Å². The van der Waals surface area contributed by atoms with E-state index in [1.807, 2.05) is 0 Å². The van der Waals surface area contributed by atoms with Crippen molar-refractivity contribution in [3.63, 3.8) is 0 Å². The van der Waals surface area contributed by atoms with E-state index < -0.39 is 66.1 Å². The Morgan fingerprint density at radius 3 is 1.09 bits per heavy atom. The number of carboxylic acids is 1. The number of hydrogen-bond acceptors (Lipinski definition) is 11. The molecule has 0 aromatic heterocycles. The van der Waals surface area contributed by atoms with Crippen molar-refractivity contribution in [2.75, 3.05) is 0 Å². The van der Waals surface area contributed by atoms with Gasteiger partial charge in [0.1, 0.15) is 37.5 Å². The largest absolute Gasteiger partial charge is 1.00 e. The second kappa shape index (κ2) is 15.3. The van der Waals surface area contributed by atoms with Gasteiger partial charge in [-0.25, -0.2) is 21.6 Å². The van der Waals surface area contributed by atoms with Gasteiger partial charge in [-0.1, -0.05) is 0 Å². The summed E-state index contributed by atoms with van der Waals surface area (Å²) in [4.78, 5) is 10.4. The van der Waals surface area contributed by atoms with Crippen LogP contribution in [0.4, 0.5) is 0 Å². The van der Waals surface area contributed by atoms with Gasteiger partial charge < -0.3 is 34.6 Å². The van der Waals surface area contributed by atoms with E-state index in [1.54, 1.807) is 0 Å². The molecule has 8 bridgehead atoms. The van der Waals surface area contributed by atoms with E-state index in [4.69, 9.17) is 0 Å². The van der Waals surface area contributed by atoms with Gasteiger partial charge in [-0.05, 0) is 82.6 Å². The molecule has 46 heavy (non-hydrogen) atoms. The molecule has 1 aliphatic rings. The van der Waals surface area contributed by atoms with E-state index in [0.717, 1.165) is 30.3 Å². The van der Waals surface area contributed by atoms with Crippen molar-refractivity contribution in [2.24, 2.45) is 0 Å². The Hall–Kier alpha value is -1.63. The minimum Gasteiger partial charge on any atom is -0.744 e. The van der Waals surface area contributed by atoms with Crippen LogP contribution >= 0.6 is 0 Å². The van der Waals surface area contributed by atoms with Crippen molar-refractivity contribution in [1.82, 2.24) is 0 Å². The third kappa shape index (κ3) is 8.50. The normalized spacial score (nSPS) is 12.6. The van der Waals surface area contributed by atoms with Crippen LogP contribution in [0.15, 0.2) is 58.3 Å². The van der Waals surface area contributed by atoms with Gasteiger partial charge in [-0.2, -0.15) is 18.2 Å². The fourth-order valence-electron chi connectivity index (χ4n) is 5.11. The van der Waals surface area contributed by atoms with Gasteiger partial charge in [-0.15, -0.1) is 11.1 Å². The van der Waals surface area contributed by atoms with Crippen LogP contribution in [0.5, 0.6) is 23.0 Å². The summed E-state index contributed by atoms with van der Waals surface area (Å²) < 4.78 is 72.1. The van der Waals surface area contributed by atoms with E-state index in [0.29, 0.717) is 0 Å². The van der Waals surface area contributed by atoms with Crippen LogP contribution in [0.25, 0.3) is 0 Å². The Kier molecular flexibility index (Phi) is 13.5. The number of carboxylic acid groups (broad SMARTS) is 1. The Bertz CT molecular complexity index is 2060. The molecule has 0 fully saturated rings. The molecule has 0 saturated heterocycles. The number of hydrogen-bond donors (Lipinski definition) is 5. The Morgan fingerprint density at radius 1 is 0.543 bits per heavy atom. The van der Waals surface area contributed by atoms with Crippen LogP contribution < -0.4 is 88.7 Å². The number of aromatic hydroxyl groups is 4. The topological polar surface area (TPSA) is 233 Å². The molecule has 5 N–H and O–H groups in total. The number of phenolic OH excluding ortho intramolecular Hbond substituents is 4. The zero-order valence-corrected chi connectivity index (χ0v) is 32.5. The van der Waals surface area contributed by atoms with E-state index in [2.05, 4.69) is 6.07 Å². The first-order valence-corrected chi connectivity index (χ1v) is 15.2. The van der Waals surface area contributed by atoms with Crippen molar-refractivity contribution in [3.8, 4) is 23.0 Å². The fraction of sp³-hybridized carbons (Fsp3) is 0.138. The van der Waals surface area contributed by atoms with Crippen molar-refractivity contribution in [1.29, 1.82) is 0 Å². The van der Waals surface area contributed by atoms with Gasteiger partial charge in [0.05, 0.1) is 15.4 Å². The quantitative estimate of drug-likeness (QED) is 0.0674. The van der Waals surface area contributed by atoms with Crippen molar-refractivity contribution < 1.29 is 145 Å². The second-order valence-corrected chi connectivity index (χ2v) is 12.9. The Labute approximate surface area is 330 Å². The summed E-state index contributed by atoms with van der Waals surface area (Å²) in [7, 11) is -10.2. The molecule has 1 aliphatic carbocycles. The maximum atomic E-state index is 12.0. The van der Waals surface area contributed by atoms with Crippen LogP contribution in [0.2, 0.25) is 0 Å². The first-order valence-electron chi connectivity index (χ1n) is 12.4. The number of phenols is 4. The summed E-state index contributed by atoms with van der Waals surface area (Å²) in [5.74, 6) is -3.20. The molecule has 224 valence electrons. The maximum absolute atomic E-state index is 12.0. The molecule has 0 aliphatic heterocycles. The molecule has 0 radical (unpaired) electrons. The third-order valence-corrected chi connectivity index (χ3v) is 8.85. The van der Waals surface area contributed by atoms with Crippen molar-refractivity contribution in [2.45, 2.75) is 35.5 Å². The number of aromatic carboxylic acids is 1. The second-order valence-electron chi connectivity index (χ2n) is 10.1. The molecule has 0 heterocycles. The summed E-state index contributed by atoms with van der Waals surface area (Å²) >= 11 is 0. The van der Waals surface area contributed by atoms with Crippen LogP contribution in [0.3, 0.4) is 0 Å². The predicted octanol–water partition coefficient (Wildman–Crippen LogP) is -6.50. The van der Waals surface area contributed by atoms with Gasteiger partial charge in [0.25, 0.3) is 0 Å². The zero-order valence-electron chi connectivity index (χ0n) is 24.9. The van der Waals surface area contributed by atoms with E-state index in [1.165, 1.54) is 18.2 Å². The first kappa shape index (κ1) is 40.5. The van der Waals surface area contributed by atoms with E-state index in [-0.39, 0.29) is 157 Å². The molecule has 4 aromatic rings. The van der Waals surface area contributed by atoms with Gasteiger partial charge in [0.15, 0.2) is 0 Å². The zero-order chi connectivity index (χ0) is 31.4. The number of carbonyl (C=O) groups is 1. The SMILES string of the molecule is O=C(O)c1cc2c(O)c(c1)Cc1cc(S(=O)(=O)[O-])cc(c1O)Cc1cc(S(=O)(=O)[O-])cc(c1O)Cc1c[c-]cc(c1O)C2.[Na+].[Na+].[Na+]. The minimum absolute atomic E-state index is 0. The standard InChI is InChI=1S/C29H23O12S2.3Na/c30-25-14-2-1-3-15(25)5-18-10-23(42(36,37)38)12-20(27(18)32)7-21-13-24(43(39,40)41)11-19(28(21)33)6-17-9-22(29(34)35)8-16(4-14)26(17)31;;;/h2-3,8-13,30-33H,4-7H2,(H,34,35)(H,36,37,38)(H,39,40,41);;;/q-1;3*+1/p-2. The minimum atomic E-state index is -5.14. The predicted molar refractivity (Wildman–Crippen MR) is 145 cm³/mol. The fourth-order valence-corrected chi connectivity index (χ4v) is 6.26. The van der Waals surface area contributed by atoms with Crippen molar-refractivity contribution in [3.05, 3.63) is 105 Å². The van der Waals surface area contributed by atoms with Gasteiger partial charge in [0, 0.05) is 18.6 Å². The van der Waals surface area contributed by atoms with Gasteiger partial charge in [0.2, 0.25) is 0 Å². The molecular weight excluding hydrogens is 673 g/mol. The smallest absolute Gasteiger partial charge is 0.744 e. The first-order chi connectivity index (χ1) is 20.0. The maximum Gasteiger partial charge on any atom is 1.00 e. The van der Waals surface area contributed by atoms with Crippen molar-refractivity contribution >= 4 is 26.2 Å². The molecule has 4 aromatic carbocycles. The van der Waals surface area contributed by atoms with Crippen LogP contribution in [-0.2, 0) is 45.9 Å². The van der Waals surface area contributed by atoms with E-state index >= 15 is 0 Å². The summed E-state index contributed by atoms with van der Waals surface area (Å²) in [5.41, 5.74) is -0.796. The third-order valence-electron chi connectivity index (χ3n) is 7.22. The van der Waals surface area contributed by atoms with Crippen LogP contribution in [-0.4, -0.2) is 57.4 Å². The molecule has 17 heteroatoms. The monoisotopic (exact) mass is 694 g/mol. The molecule has 5 rings (SSSR count). The van der Waals surface area contributed by atoms with Crippen LogP contribution in [0, 0.1) is 6.07 Å². The van der Waals surface area contributed by atoms with E-state index in [9.17, 15) is 56.3 Å². The molecule has 0 unspecified atom stereocenters. The molecule has 0 atom stereocenters. The number of benzene rings is 4. The summed E-state index contributed by atoms with van der Waals surface area (Å²) in [5, 5.41) is 54.1. The summed E-state index contributed by atoms with van der Waals surface area (Å²) in [6.45, 7) is 0. The molecule has 0 saturated carbocycles. The summed E-state index contributed by atoms with van der Waals surface area (Å²) in [6, 6.07) is 11.2. The Morgan fingerprint density at radius 2 is 0.804 bits per heavy atom. The number of fused-ring (bicyclic) bond motifs is 8. The Balaban J connectivity index is 0.00000245. The molecule has 0 spiro atoms. The van der Waals surface area contributed by atoms with Gasteiger partial charge >= 0.3 is 94.6 Å². The summed E-state index contributed by atoms with van der Waals surface area (Å²) in [6.07, 6.45) is -1.58. The van der Waals surface area contributed by atoms with Gasteiger partial charge in [-0.3, -0.25) is 0 Å². The average Bonchev–Trinajstić information content (AvgIpc) is 2.90. The molecular formula is C29H21Na3O12S2. The number of rotatable bonds is 3. The average molecular weight is 695 g/mol.